The average Bonchev–Trinajstić information content (AvgIpc) is 2.42. The largest absolute Gasteiger partial charge is 0.459 e. The fraction of sp³-hybridized carbons (Fsp3) is 0.500. The molecule has 0 heterocycles. The van der Waals surface area contributed by atoms with Gasteiger partial charge in [-0.25, -0.2) is 13.6 Å². The van der Waals surface area contributed by atoms with Crippen LogP contribution < -0.4 is 0 Å². The lowest BCUT2D eigenvalue weighted by molar-refractivity contribution is -0.0152. The number of hydrogen-bond acceptors (Lipinski definition) is 3. The number of hydrogen-bond donors (Lipinski definition) is 0. The van der Waals surface area contributed by atoms with E-state index in [1.807, 2.05) is 0 Å². The van der Waals surface area contributed by atoms with Crippen LogP contribution in [0.5, 0.6) is 0 Å². The van der Waals surface area contributed by atoms with E-state index in [4.69, 9.17) is 9.47 Å². The molecule has 1 aromatic carbocycles. The van der Waals surface area contributed by atoms with E-state index in [0.717, 1.165) is 25.3 Å². The van der Waals surface area contributed by atoms with E-state index in [2.05, 4.69) is 0 Å². The van der Waals surface area contributed by atoms with Gasteiger partial charge in [-0.2, -0.15) is 0 Å². The zero-order valence-electron chi connectivity index (χ0n) is 10.7. The summed E-state index contributed by atoms with van der Waals surface area (Å²) in [5, 5.41) is 0. The molecule has 0 amide bonds. The van der Waals surface area contributed by atoms with Crippen molar-refractivity contribution in [1.82, 2.24) is 0 Å². The predicted molar refractivity (Wildman–Crippen MR) is 64.8 cm³/mol. The maximum atomic E-state index is 13.4. The highest BCUT2D eigenvalue weighted by atomic mass is 19.2. The molecule has 0 bridgehead atoms. The molecule has 0 aliphatic heterocycles. The molecule has 0 saturated heterocycles. The minimum atomic E-state index is -1.16. The summed E-state index contributed by atoms with van der Waals surface area (Å²) in [7, 11) is 1.61. The number of benzene rings is 1. The van der Waals surface area contributed by atoms with Crippen LogP contribution in [0.1, 0.15) is 36.0 Å². The average molecular weight is 270 g/mol. The summed E-state index contributed by atoms with van der Waals surface area (Å²) in [6.45, 7) is 0. The Morgan fingerprint density at radius 2 is 2.00 bits per heavy atom. The lowest BCUT2D eigenvalue weighted by atomic mass is 9.95. The third-order valence-corrected chi connectivity index (χ3v) is 3.36. The summed E-state index contributed by atoms with van der Waals surface area (Å²) < 4.78 is 36.9. The first-order valence-corrected chi connectivity index (χ1v) is 6.29. The Labute approximate surface area is 110 Å². The van der Waals surface area contributed by atoms with E-state index in [1.165, 1.54) is 12.1 Å². The van der Waals surface area contributed by atoms with Crippen molar-refractivity contribution in [2.24, 2.45) is 0 Å². The standard InChI is InChI=1S/C14H16F2O3/c1-18-9-4-2-5-10(8-9)19-14(17)11-6-3-7-12(15)13(11)16/h3,6-7,9-10H,2,4-5,8H2,1H3. The van der Waals surface area contributed by atoms with Crippen LogP contribution in [0.25, 0.3) is 0 Å². The molecule has 5 heteroatoms. The van der Waals surface area contributed by atoms with Gasteiger partial charge in [0.15, 0.2) is 11.6 Å². The first-order chi connectivity index (χ1) is 9.11. The van der Waals surface area contributed by atoms with Crippen LogP contribution in [0.15, 0.2) is 18.2 Å². The smallest absolute Gasteiger partial charge is 0.341 e. The Balaban J connectivity index is 2.02. The monoisotopic (exact) mass is 270 g/mol. The summed E-state index contributed by atoms with van der Waals surface area (Å²) in [4.78, 5) is 11.8. The zero-order chi connectivity index (χ0) is 13.8. The van der Waals surface area contributed by atoms with Crippen molar-refractivity contribution in [3.05, 3.63) is 35.4 Å². The number of carbonyl (C=O) groups is 1. The molecule has 0 spiro atoms. The van der Waals surface area contributed by atoms with Crippen molar-refractivity contribution in [3.63, 3.8) is 0 Å². The van der Waals surface area contributed by atoms with Crippen LogP contribution in [0, 0.1) is 11.6 Å². The van der Waals surface area contributed by atoms with Crippen molar-refractivity contribution in [3.8, 4) is 0 Å². The molecule has 0 radical (unpaired) electrons. The first-order valence-electron chi connectivity index (χ1n) is 6.29. The van der Waals surface area contributed by atoms with Crippen molar-refractivity contribution >= 4 is 5.97 Å². The second-order valence-corrected chi connectivity index (χ2v) is 4.65. The second-order valence-electron chi connectivity index (χ2n) is 4.65. The zero-order valence-corrected chi connectivity index (χ0v) is 10.7. The summed E-state index contributed by atoms with van der Waals surface area (Å²) in [5.74, 6) is -3.03. The van der Waals surface area contributed by atoms with Gasteiger partial charge in [-0.3, -0.25) is 0 Å². The normalized spacial score (nSPS) is 23.1. The lowest BCUT2D eigenvalue weighted by Gasteiger charge is -2.27. The van der Waals surface area contributed by atoms with Gasteiger partial charge in [0.05, 0.1) is 11.7 Å². The molecule has 0 N–H and O–H groups in total. The Kier molecular flexibility index (Phi) is 4.47. The van der Waals surface area contributed by atoms with Gasteiger partial charge in [-0.15, -0.1) is 0 Å². The first kappa shape index (κ1) is 13.9. The van der Waals surface area contributed by atoms with E-state index in [1.54, 1.807) is 7.11 Å². The number of halogens is 2. The number of carbonyl (C=O) groups excluding carboxylic acids is 1. The van der Waals surface area contributed by atoms with Gasteiger partial charge in [-0.1, -0.05) is 6.07 Å². The fourth-order valence-corrected chi connectivity index (χ4v) is 2.30. The Bertz CT molecular complexity index is 462. The van der Waals surface area contributed by atoms with Crippen LogP contribution in [0.2, 0.25) is 0 Å². The fourth-order valence-electron chi connectivity index (χ4n) is 2.30. The van der Waals surface area contributed by atoms with Crippen LogP contribution in [0.4, 0.5) is 8.78 Å². The maximum Gasteiger partial charge on any atom is 0.341 e. The Hall–Kier alpha value is -1.49. The maximum absolute atomic E-state index is 13.4. The van der Waals surface area contributed by atoms with Crippen molar-refractivity contribution in [2.75, 3.05) is 7.11 Å². The Morgan fingerprint density at radius 3 is 2.74 bits per heavy atom. The van der Waals surface area contributed by atoms with E-state index < -0.39 is 17.6 Å². The lowest BCUT2D eigenvalue weighted by Crippen LogP contribution is -2.29. The van der Waals surface area contributed by atoms with Crippen LogP contribution in [-0.2, 0) is 9.47 Å². The molecule has 1 aliphatic carbocycles. The van der Waals surface area contributed by atoms with E-state index in [-0.39, 0.29) is 17.8 Å². The summed E-state index contributed by atoms with van der Waals surface area (Å²) >= 11 is 0. The van der Waals surface area contributed by atoms with Crippen LogP contribution >= 0.6 is 0 Å². The van der Waals surface area contributed by atoms with Gasteiger partial charge in [0.25, 0.3) is 0 Å². The molecule has 2 atom stereocenters. The summed E-state index contributed by atoms with van der Waals surface area (Å²) in [6.07, 6.45) is 2.90. The number of ether oxygens (including phenoxy) is 2. The quantitative estimate of drug-likeness (QED) is 0.792. The Morgan fingerprint density at radius 1 is 1.26 bits per heavy atom. The highest BCUT2D eigenvalue weighted by molar-refractivity contribution is 5.89. The SMILES string of the molecule is COC1CCCC(OC(=O)c2cccc(F)c2F)C1. The van der Waals surface area contributed by atoms with Gasteiger partial charge in [0, 0.05) is 13.5 Å². The highest BCUT2D eigenvalue weighted by Gasteiger charge is 2.26. The van der Waals surface area contributed by atoms with Gasteiger partial charge in [0.1, 0.15) is 6.10 Å². The molecule has 0 aromatic heterocycles. The number of esters is 1. The van der Waals surface area contributed by atoms with Crippen molar-refractivity contribution in [2.45, 2.75) is 37.9 Å². The molecule has 1 saturated carbocycles. The highest BCUT2D eigenvalue weighted by Crippen LogP contribution is 2.24. The van der Waals surface area contributed by atoms with Gasteiger partial charge in [-0.05, 0) is 31.4 Å². The second kappa shape index (κ2) is 6.10. The van der Waals surface area contributed by atoms with E-state index in [0.29, 0.717) is 6.42 Å². The molecule has 19 heavy (non-hydrogen) atoms. The third kappa shape index (κ3) is 3.29. The molecule has 1 aliphatic rings. The van der Waals surface area contributed by atoms with Crippen molar-refractivity contribution < 1.29 is 23.0 Å². The molecule has 2 unspecified atom stereocenters. The van der Waals surface area contributed by atoms with E-state index in [9.17, 15) is 13.6 Å². The molecular weight excluding hydrogens is 254 g/mol. The minimum Gasteiger partial charge on any atom is -0.459 e. The predicted octanol–water partition coefficient (Wildman–Crippen LogP) is 3.08. The van der Waals surface area contributed by atoms with Gasteiger partial charge >= 0.3 is 5.97 Å². The molecule has 3 nitrogen and oxygen atoms in total. The summed E-state index contributed by atoms with van der Waals surface area (Å²) in [6, 6.07) is 3.47. The van der Waals surface area contributed by atoms with E-state index >= 15 is 0 Å². The van der Waals surface area contributed by atoms with Crippen molar-refractivity contribution in [1.29, 1.82) is 0 Å². The number of rotatable bonds is 3. The summed E-state index contributed by atoms with van der Waals surface area (Å²) in [5.41, 5.74) is -0.362. The molecule has 1 fully saturated rings. The minimum absolute atomic E-state index is 0.0592. The molecular formula is C14H16F2O3. The van der Waals surface area contributed by atoms with Crippen LogP contribution in [-0.4, -0.2) is 25.3 Å². The van der Waals surface area contributed by atoms with Crippen LogP contribution in [0.3, 0.4) is 0 Å². The topological polar surface area (TPSA) is 35.5 Å². The number of methoxy groups -OCH3 is 1. The van der Waals surface area contributed by atoms with Gasteiger partial charge < -0.3 is 9.47 Å². The molecule has 1 aromatic rings. The molecule has 2 rings (SSSR count). The molecule has 104 valence electrons. The van der Waals surface area contributed by atoms with Gasteiger partial charge in [0.2, 0.25) is 0 Å². The third-order valence-electron chi connectivity index (χ3n) is 3.36.